The van der Waals surface area contributed by atoms with E-state index in [1.54, 1.807) is 30.6 Å². The van der Waals surface area contributed by atoms with Crippen LogP contribution in [0, 0.1) is 0 Å². The molecule has 0 bridgehead atoms. The molecule has 0 unspecified atom stereocenters. The first kappa shape index (κ1) is 17.2. The van der Waals surface area contributed by atoms with Crippen LogP contribution in [0.2, 0.25) is 0 Å². The van der Waals surface area contributed by atoms with Crippen LogP contribution in [-0.2, 0) is 0 Å². The topological polar surface area (TPSA) is 90.8 Å². The molecule has 132 valence electrons. The normalized spacial score (nSPS) is 10.5. The highest BCUT2D eigenvalue weighted by atomic mass is 16.5. The van der Waals surface area contributed by atoms with Gasteiger partial charge in [-0.25, -0.2) is 0 Å². The Kier molecular flexibility index (Phi) is 5.56. The van der Waals surface area contributed by atoms with Gasteiger partial charge in [0.05, 0.1) is 32.2 Å². The predicted octanol–water partition coefficient (Wildman–Crippen LogP) is 3.13. The van der Waals surface area contributed by atoms with Gasteiger partial charge in [0.15, 0.2) is 5.75 Å². The second kappa shape index (κ2) is 8.43. The van der Waals surface area contributed by atoms with E-state index in [2.05, 4.69) is 25.5 Å². The number of nitrogens with one attached hydrogen (secondary N) is 1. The predicted molar refractivity (Wildman–Crippen MR) is 97.1 cm³/mol. The number of para-hydroxylation sites is 1. The fourth-order valence-electron chi connectivity index (χ4n) is 2.00. The molecule has 0 aliphatic heterocycles. The fourth-order valence-corrected chi connectivity index (χ4v) is 2.00. The van der Waals surface area contributed by atoms with Crippen molar-refractivity contribution >= 4 is 11.9 Å². The summed E-state index contributed by atoms with van der Waals surface area (Å²) in [5, 5.41) is 4.17. The van der Waals surface area contributed by atoms with E-state index in [0.717, 1.165) is 5.69 Å². The molecular formula is C18H17N5O3. The van der Waals surface area contributed by atoms with Gasteiger partial charge >= 0.3 is 6.01 Å². The average molecular weight is 351 g/mol. The van der Waals surface area contributed by atoms with Crippen LogP contribution in [0.4, 0.5) is 5.69 Å². The lowest BCUT2D eigenvalue weighted by molar-refractivity contribution is 0.347. The van der Waals surface area contributed by atoms with Crippen LogP contribution in [0.3, 0.4) is 0 Å². The summed E-state index contributed by atoms with van der Waals surface area (Å²) in [6.07, 6.45) is 3.20. The summed E-state index contributed by atoms with van der Waals surface area (Å²) in [5.41, 5.74) is 4.30. The van der Waals surface area contributed by atoms with Gasteiger partial charge in [0, 0.05) is 6.20 Å². The van der Waals surface area contributed by atoms with E-state index in [9.17, 15) is 0 Å². The molecule has 0 aliphatic carbocycles. The number of hydrogen-bond acceptors (Lipinski definition) is 8. The third-order valence-electron chi connectivity index (χ3n) is 3.23. The van der Waals surface area contributed by atoms with Gasteiger partial charge in [0.2, 0.25) is 11.8 Å². The van der Waals surface area contributed by atoms with Crippen molar-refractivity contribution in [3.05, 3.63) is 60.4 Å². The lowest BCUT2D eigenvalue weighted by Gasteiger charge is -2.08. The Morgan fingerprint density at radius 3 is 2.38 bits per heavy atom. The van der Waals surface area contributed by atoms with E-state index in [4.69, 9.17) is 14.2 Å². The Morgan fingerprint density at radius 2 is 1.69 bits per heavy atom. The second-order valence-electron chi connectivity index (χ2n) is 4.96. The Morgan fingerprint density at radius 1 is 0.962 bits per heavy atom. The molecule has 0 spiro atoms. The van der Waals surface area contributed by atoms with Crippen LogP contribution in [0.25, 0.3) is 0 Å². The van der Waals surface area contributed by atoms with Crippen molar-refractivity contribution in [2.24, 2.45) is 5.10 Å². The van der Waals surface area contributed by atoms with Crippen molar-refractivity contribution in [3.63, 3.8) is 0 Å². The van der Waals surface area contributed by atoms with E-state index in [-0.39, 0.29) is 6.01 Å². The highest BCUT2D eigenvalue weighted by Crippen LogP contribution is 2.24. The second-order valence-corrected chi connectivity index (χ2v) is 4.96. The summed E-state index contributed by atoms with van der Waals surface area (Å²) < 4.78 is 16.0. The van der Waals surface area contributed by atoms with E-state index in [0.29, 0.717) is 23.2 Å². The highest BCUT2D eigenvalue weighted by Gasteiger charge is 2.10. The number of methoxy groups -OCH3 is 2. The molecule has 0 saturated carbocycles. The SMILES string of the molecule is COc1cc(OC)nc(Oc2cccnc2/C=N/Nc2ccccc2)n1. The molecule has 3 aromatic rings. The summed E-state index contributed by atoms with van der Waals surface area (Å²) in [6.45, 7) is 0. The maximum Gasteiger partial charge on any atom is 0.328 e. The quantitative estimate of drug-likeness (QED) is 0.516. The molecule has 1 N–H and O–H groups in total. The van der Waals surface area contributed by atoms with Gasteiger partial charge < -0.3 is 14.2 Å². The molecule has 3 rings (SSSR count). The van der Waals surface area contributed by atoms with Gasteiger partial charge in [0.1, 0.15) is 5.69 Å². The zero-order chi connectivity index (χ0) is 18.2. The Labute approximate surface area is 150 Å². The molecule has 0 saturated heterocycles. The minimum Gasteiger partial charge on any atom is -0.481 e. The molecule has 0 radical (unpaired) electrons. The zero-order valence-corrected chi connectivity index (χ0v) is 14.3. The Bertz CT molecular complexity index is 865. The molecule has 26 heavy (non-hydrogen) atoms. The first-order valence-electron chi connectivity index (χ1n) is 7.72. The molecule has 2 aromatic heterocycles. The van der Waals surface area contributed by atoms with Crippen molar-refractivity contribution in [2.45, 2.75) is 0 Å². The maximum atomic E-state index is 5.73. The number of anilines is 1. The van der Waals surface area contributed by atoms with Crippen LogP contribution in [0.5, 0.6) is 23.5 Å². The Hall–Kier alpha value is -3.68. The molecule has 0 atom stereocenters. The first-order chi connectivity index (χ1) is 12.8. The van der Waals surface area contributed by atoms with Gasteiger partial charge in [-0.1, -0.05) is 18.2 Å². The van der Waals surface area contributed by atoms with Crippen molar-refractivity contribution in [1.29, 1.82) is 0 Å². The zero-order valence-electron chi connectivity index (χ0n) is 14.3. The minimum atomic E-state index is 0.0832. The van der Waals surface area contributed by atoms with E-state index in [1.807, 2.05) is 30.3 Å². The molecule has 0 fully saturated rings. The highest BCUT2D eigenvalue weighted by molar-refractivity contribution is 5.81. The number of benzene rings is 1. The van der Waals surface area contributed by atoms with Crippen LogP contribution < -0.4 is 19.6 Å². The average Bonchev–Trinajstić information content (AvgIpc) is 2.69. The molecule has 2 heterocycles. The summed E-state index contributed by atoms with van der Waals surface area (Å²) in [6, 6.07) is 14.7. The van der Waals surface area contributed by atoms with Crippen molar-refractivity contribution < 1.29 is 14.2 Å². The number of rotatable bonds is 7. The van der Waals surface area contributed by atoms with Gasteiger partial charge in [0.25, 0.3) is 0 Å². The van der Waals surface area contributed by atoms with Gasteiger partial charge in [-0.05, 0) is 24.3 Å². The van der Waals surface area contributed by atoms with Crippen LogP contribution >= 0.6 is 0 Å². The summed E-state index contributed by atoms with van der Waals surface area (Å²) >= 11 is 0. The van der Waals surface area contributed by atoms with Crippen LogP contribution in [0.1, 0.15) is 5.69 Å². The lowest BCUT2D eigenvalue weighted by atomic mass is 10.3. The molecule has 1 aromatic carbocycles. The molecular weight excluding hydrogens is 334 g/mol. The smallest absolute Gasteiger partial charge is 0.328 e. The first-order valence-corrected chi connectivity index (χ1v) is 7.72. The number of aromatic nitrogens is 3. The number of pyridine rings is 1. The fraction of sp³-hybridized carbons (Fsp3) is 0.111. The van der Waals surface area contributed by atoms with E-state index >= 15 is 0 Å². The standard InChI is InChI=1S/C18H17N5O3/c1-24-16-11-17(25-2)22-18(21-16)26-15-9-6-10-19-14(15)12-20-23-13-7-4-3-5-8-13/h3-12,23H,1-2H3/b20-12+. The maximum absolute atomic E-state index is 5.73. The number of hydrogen-bond donors (Lipinski definition) is 1. The monoisotopic (exact) mass is 351 g/mol. The summed E-state index contributed by atoms with van der Waals surface area (Å²) in [5.74, 6) is 1.11. The third kappa shape index (κ3) is 4.44. The van der Waals surface area contributed by atoms with Crippen LogP contribution in [-0.4, -0.2) is 35.4 Å². The summed E-state index contributed by atoms with van der Waals surface area (Å²) in [7, 11) is 3.01. The minimum absolute atomic E-state index is 0.0832. The molecule has 8 nitrogen and oxygen atoms in total. The van der Waals surface area contributed by atoms with Gasteiger partial charge in [-0.3, -0.25) is 10.4 Å². The Balaban J connectivity index is 1.79. The van der Waals surface area contributed by atoms with E-state index in [1.165, 1.54) is 14.2 Å². The molecule has 8 heteroatoms. The molecule has 0 amide bonds. The number of nitrogens with zero attached hydrogens (tertiary/aromatic N) is 4. The van der Waals surface area contributed by atoms with Gasteiger partial charge in [-0.15, -0.1) is 0 Å². The van der Waals surface area contributed by atoms with Gasteiger partial charge in [-0.2, -0.15) is 15.1 Å². The van der Waals surface area contributed by atoms with Crippen molar-refractivity contribution in [1.82, 2.24) is 15.0 Å². The largest absolute Gasteiger partial charge is 0.481 e. The lowest BCUT2D eigenvalue weighted by Crippen LogP contribution is -2.01. The third-order valence-corrected chi connectivity index (χ3v) is 3.23. The number of ether oxygens (including phenoxy) is 3. The molecule has 0 aliphatic rings. The van der Waals surface area contributed by atoms with Crippen molar-refractivity contribution in [2.75, 3.05) is 19.6 Å². The van der Waals surface area contributed by atoms with E-state index < -0.39 is 0 Å². The van der Waals surface area contributed by atoms with Crippen LogP contribution in [0.15, 0.2) is 59.8 Å². The van der Waals surface area contributed by atoms with Crippen molar-refractivity contribution in [3.8, 4) is 23.5 Å². The summed E-state index contributed by atoms with van der Waals surface area (Å²) in [4.78, 5) is 12.5. The number of hydrazone groups is 1.